The number of fused-ring (bicyclic) bond motifs is 6. The van der Waals surface area contributed by atoms with Crippen LogP contribution >= 0.6 is 0 Å². The minimum atomic E-state index is -0.109. The van der Waals surface area contributed by atoms with Crippen LogP contribution in [-0.4, -0.2) is 4.57 Å². The molecule has 0 unspecified atom stereocenters. The highest BCUT2D eigenvalue weighted by atomic mass is 16.3. The third kappa shape index (κ3) is 3.01. The molecule has 0 aliphatic heterocycles. The average Bonchev–Trinajstić information content (AvgIpc) is 3.32. The molecule has 0 aliphatic rings. The van der Waals surface area contributed by atoms with Crippen molar-refractivity contribution in [2.75, 3.05) is 0 Å². The van der Waals surface area contributed by atoms with Crippen molar-refractivity contribution < 1.29 is 4.42 Å². The predicted octanol–water partition coefficient (Wildman–Crippen LogP) is 9.28. The van der Waals surface area contributed by atoms with E-state index in [-0.39, 0.29) is 10.8 Å². The van der Waals surface area contributed by atoms with E-state index in [2.05, 4.69) is 125 Å². The molecular weight excluding hydrogens is 414 g/mol. The van der Waals surface area contributed by atoms with Crippen molar-refractivity contribution in [3.05, 3.63) is 90.0 Å². The van der Waals surface area contributed by atoms with Gasteiger partial charge in [0.2, 0.25) is 0 Å². The largest absolute Gasteiger partial charge is 0.456 e. The van der Waals surface area contributed by atoms with E-state index >= 15 is 0 Å². The van der Waals surface area contributed by atoms with Crippen LogP contribution in [0.4, 0.5) is 0 Å². The van der Waals surface area contributed by atoms with Gasteiger partial charge >= 0.3 is 0 Å². The van der Waals surface area contributed by atoms with Crippen molar-refractivity contribution in [1.29, 1.82) is 0 Å². The topological polar surface area (TPSA) is 18.1 Å². The minimum absolute atomic E-state index is 0.0775. The molecule has 2 nitrogen and oxygen atoms in total. The molecule has 170 valence electrons. The maximum Gasteiger partial charge on any atom is 0.141 e. The first-order valence-electron chi connectivity index (χ1n) is 12.1. The van der Waals surface area contributed by atoms with E-state index in [1.807, 2.05) is 0 Å². The second-order valence-corrected chi connectivity index (χ2v) is 11.5. The third-order valence-corrected chi connectivity index (χ3v) is 7.06. The van der Waals surface area contributed by atoms with Crippen molar-refractivity contribution in [1.82, 2.24) is 4.57 Å². The summed E-state index contributed by atoms with van der Waals surface area (Å²) in [5, 5.41) is 4.92. The Balaban J connectivity index is 1.75. The van der Waals surface area contributed by atoms with Crippen LogP contribution in [-0.2, 0) is 10.8 Å². The van der Waals surface area contributed by atoms with E-state index in [4.69, 9.17) is 4.42 Å². The molecule has 2 heteroatoms. The summed E-state index contributed by atoms with van der Waals surface area (Å²) in [5.74, 6) is 0. The zero-order valence-corrected chi connectivity index (χ0v) is 20.9. The first kappa shape index (κ1) is 21.0. The van der Waals surface area contributed by atoms with Gasteiger partial charge in [0.05, 0.1) is 16.7 Å². The molecule has 0 aliphatic carbocycles. The maximum absolute atomic E-state index is 6.70. The number of aromatic nitrogens is 1. The summed E-state index contributed by atoms with van der Waals surface area (Å²) in [6.07, 6.45) is 0. The van der Waals surface area contributed by atoms with E-state index in [1.54, 1.807) is 0 Å². The second kappa shape index (κ2) is 6.99. The molecule has 2 aromatic heterocycles. The fourth-order valence-electron chi connectivity index (χ4n) is 5.39. The summed E-state index contributed by atoms with van der Waals surface area (Å²) < 4.78 is 9.11. The van der Waals surface area contributed by atoms with Crippen LogP contribution in [0.25, 0.3) is 49.4 Å². The Morgan fingerprint density at radius 2 is 1.18 bits per heavy atom. The first-order valence-corrected chi connectivity index (χ1v) is 12.1. The second-order valence-electron chi connectivity index (χ2n) is 11.5. The van der Waals surface area contributed by atoms with Gasteiger partial charge in [-0.05, 0) is 46.7 Å². The Morgan fingerprint density at radius 1 is 0.588 bits per heavy atom. The Labute approximate surface area is 200 Å². The molecule has 34 heavy (non-hydrogen) atoms. The van der Waals surface area contributed by atoms with Crippen LogP contribution in [0.1, 0.15) is 52.7 Å². The van der Waals surface area contributed by atoms with E-state index in [9.17, 15) is 0 Å². The van der Waals surface area contributed by atoms with Crippen molar-refractivity contribution in [3.8, 4) is 5.69 Å². The van der Waals surface area contributed by atoms with Gasteiger partial charge in [-0.15, -0.1) is 0 Å². The molecule has 0 amide bonds. The zero-order chi connectivity index (χ0) is 23.8. The SMILES string of the molecule is CC(C)(C)c1ccc2c(c1)oc1c(C(C)(C)C)c(-n3c4ccccc4c4ccccc43)ccc12. The van der Waals surface area contributed by atoms with E-state index in [1.165, 1.54) is 49.4 Å². The van der Waals surface area contributed by atoms with Crippen LogP contribution < -0.4 is 0 Å². The smallest absolute Gasteiger partial charge is 0.141 e. The van der Waals surface area contributed by atoms with Gasteiger partial charge in [-0.2, -0.15) is 0 Å². The highest BCUT2D eigenvalue weighted by molar-refractivity contribution is 6.11. The Hall–Kier alpha value is -3.52. The lowest BCUT2D eigenvalue weighted by Crippen LogP contribution is -2.15. The summed E-state index contributed by atoms with van der Waals surface area (Å²) in [7, 11) is 0. The fourth-order valence-corrected chi connectivity index (χ4v) is 5.39. The molecule has 0 fully saturated rings. The first-order chi connectivity index (χ1) is 16.1. The number of furan rings is 1. The number of hydrogen-bond acceptors (Lipinski definition) is 1. The van der Waals surface area contributed by atoms with Crippen LogP contribution in [0.2, 0.25) is 0 Å². The molecule has 4 aromatic carbocycles. The lowest BCUT2D eigenvalue weighted by atomic mass is 9.84. The van der Waals surface area contributed by atoms with Gasteiger partial charge in [-0.25, -0.2) is 0 Å². The normalized spacial score (nSPS) is 13.0. The molecular formula is C32H31NO. The monoisotopic (exact) mass is 445 g/mol. The van der Waals surface area contributed by atoms with Crippen molar-refractivity contribution in [2.24, 2.45) is 0 Å². The van der Waals surface area contributed by atoms with Crippen molar-refractivity contribution >= 4 is 43.7 Å². The van der Waals surface area contributed by atoms with E-state index in [0.717, 1.165) is 11.2 Å². The molecule has 0 atom stereocenters. The van der Waals surface area contributed by atoms with Gasteiger partial charge in [-0.3, -0.25) is 0 Å². The summed E-state index contributed by atoms with van der Waals surface area (Å²) in [4.78, 5) is 0. The molecule has 0 radical (unpaired) electrons. The molecule has 0 bridgehead atoms. The van der Waals surface area contributed by atoms with Gasteiger partial charge in [0.15, 0.2) is 0 Å². The van der Waals surface area contributed by atoms with Crippen LogP contribution in [0.15, 0.2) is 83.3 Å². The molecule has 6 aromatic rings. The zero-order valence-electron chi connectivity index (χ0n) is 20.9. The lowest BCUT2D eigenvalue weighted by Gasteiger charge is -2.24. The van der Waals surface area contributed by atoms with Crippen molar-refractivity contribution in [3.63, 3.8) is 0 Å². The van der Waals surface area contributed by atoms with Gasteiger partial charge < -0.3 is 8.98 Å². The highest BCUT2D eigenvalue weighted by Crippen LogP contribution is 2.43. The summed E-state index contributed by atoms with van der Waals surface area (Å²) in [6.45, 7) is 13.6. The summed E-state index contributed by atoms with van der Waals surface area (Å²) >= 11 is 0. The molecule has 2 heterocycles. The number of para-hydroxylation sites is 2. The minimum Gasteiger partial charge on any atom is -0.456 e. The fraction of sp³-hybridized carbons (Fsp3) is 0.250. The third-order valence-electron chi connectivity index (χ3n) is 7.06. The standard InChI is InChI=1S/C32H31NO/c1-31(2,3)20-15-16-23-24-17-18-27(29(32(4,5)6)30(24)34-28(23)19-20)33-25-13-9-7-11-21(25)22-12-8-10-14-26(22)33/h7-19H,1-6H3. The molecule has 6 rings (SSSR count). The molecule has 0 saturated heterocycles. The van der Waals surface area contributed by atoms with E-state index < -0.39 is 0 Å². The molecule has 0 saturated carbocycles. The van der Waals surface area contributed by atoms with E-state index in [0.29, 0.717) is 0 Å². The highest BCUT2D eigenvalue weighted by Gasteiger charge is 2.27. The van der Waals surface area contributed by atoms with Gasteiger partial charge in [0, 0.05) is 27.1 Å². The molecule has 0 N–H and O–H groups in total. The summed E-state index contributed by atoms with van der Waals surface area (Å²) in [6, 6.07) is 28.6. The Morgan fingerprint density at radius 3 is 1.76 bits per heavy atom. The summed E-state index contributed by atoms with van der Waals surface area (Å²) in [5.41, 5.74) is 8.09. The quantitative estimate of drug-likeness (QED) is 0.247. The predicted molar refractivity (Wildman–Crippen MR) is 145 cm³/mol. The number of nitrogens with zero attached hydrogens (tertiary/aromatic N) is 1. The van der Waals surface area contributed by atoms with Gasteiger partial charge in [0.25, 0.3) is 0 Å². The van der Waals surface area contributed by atoms with Crippen LogP contribution in [0.3, 0.4) is 0 Å². The van der Waals surface area contributed by atoms with Crippen LogP contribution in [0, 0.1) is 0 Å². The van der Waals surface area contributed by atoms with Gasteiger partial charge in [0.1, 0.15) is 11.2 Å². The Kier molecular flexibility index (Phi) is 4.33. The number of rotatable bonds is 1. The van der Waals surface area contributed by atoms with Gasteiger partial charge in [-0.1, -0.05) is 90.1 Å². The van der Waals surface area contributed by atoms with Crippen LogP contribution in [0.5, 0.6) is 0 Å². The lowest BCUT2D eigenvalue weighted by molar-refractivity contribution is 0.568. The Bertz CT molecular complexity index is 1660. The average molecular weight is 446 g/mol. The number of benzene rings is 4. The maximum atomic E-state index is 6.70. The number of hydrogen-bond donors (Lipinski definition) is 0. The van der Waals surface area contributed by atoms with Crippen molar-refractivity contribution in [2.45, 2.75) is 52.4 Å². The molecule has 0 spiro atoms.